The highest BCUT2D eigenvalue weighted by Gasteiger charge is 2.25. The number of benzene rings is 2. The highest BCUT2D eigenvalue weighted by atomic mass is 16.7. The third-order valence-corrected chi connectivity index (χ3v) is 6.42. The van der Waals surface area contributed by atoms with Gasteiger partial charge in [-0.1, -0.05) is 6.07 Å². The smallest absolute Gasteiger partial charge is 0.337 e. The molecule has 0 bridgehead atoms. The topological polar surface area (TPSA) is 99.0 Å². The molecule has 0 N–H and O–H groups in total. The molecule has 1 fully saturated rings. The standard InChI is InChI=1S/C26H23N5O5/c1-34-25(33)17-5-7-19-20(14-17)28-26(30-12-10-29(11-13-30)23-4-2-3-9-27-23)31(24(19)32)18-6-8-21-22(15-18)36-16-35-21/h2-9,14-15H,10-13,16H2,1H3. The molecule has 10 heteroatoms. The summed E-state index contributed by atoms with van der Waals surface area (Å²) >= 11 is 0. The molecule has 0 amide bonds. The van der Waals surface area contributed by atoms with Crippen molar-refractivity contribution in [3.8, 4) is 17.2 Å². The molecule has 10 nitrogen and oxygen atoms in total. The molecule has 0 spiro atoms. The van der Waals surface area contributed by atoms with E-state index in [0.29, 0.717) is 65.8 Å². The molecule has 1 saturated heterocycles. The van der Waals surface area contributed by atoms with Crippen LogP contribution in [0.5, 0.6) is 11.5 Å². The summed E-state index contributed by atoms with van der Waals surface area (Å²) in [6.07, 6.45) is 1.78. The lowest BCUT2D eigenvalue weighted by Crippen LogP contribution is -2.48. The van der Waals surface area contributed by atoms with Gasteiger partial charge in [0.15, 0.2) is 11.5 Å². The second-order valence-corrected chi connectivity index (χ2v) is 8.48. The number of esters is 1. The number of carbonyl (C=O) groups excluding carboxylic acids is 1. The van der Waals surface area contributed by atoms with Crippen LogP contribution < -0.4 is 24.8 Å². The van der Waals surface area contributed by atoms with Gasteiger partial charge in [0.25, 0.3) is 5.56 Å². The van der Waals surface area contributed by atoms with Crippen LogP contribution in [0.3, 0.4) is 0 Å². The Hall–Kier alpha value is -4.60. The number of carbonyl (C=O) groups is 1. The molecule has 2 aliphatic rings. The van der Waals surface area contributed by atoms with Crippen LogP contribution in [0.2, 0.25) is 0 Å². The van der Waals surface area contributed by atoms with Crippen LogP contribution in [-0.2, 0) is 4.74 Å². The van der Waals surface area contributed by atoms with Gasteiger partial charge >= 0.3 is 5.97 Å². The molecule has 0 saturated carbocycles. The van der Waals surface area contributed by atoms with Crippen LogP contribution in [0.25, 0.3) is 16.6 Å². The van der Waals surface area contributed by atoms with Crippen LogP contribution in [0.1, 0.15) is 10.4 Å². The Morgan fingerprint density at radius 2 is 1.75 bits per heavy atom. The van der Waals surface area contributed by atoms with Gasteiger partial charge in [0, 0.05) is 38.4 Å². The van der Waals surface area contributed by atoms with Crippen molar-refractivity contribution in [3.05, 3.63) is 76.7 Å². The van der Waals surface area contributed by atoms with E-state index in [1.54, 1.807) is 41.1 Å². The quantitative estimate of drug-likeness (QED) is 0.404. The van der Waals surface area contributed by atoms with Crippen molar-refractivity contribution in [2.75, 3.05) is 49.9 Å². The highest BCUT2D eigenvalue weighted by Crippen LogP contribution is 2.34. The maximum Gasteiger partial charge on any atom is 0.337 e. The van der Waals surface area contributed by atoms with Crippen LogP contribution in [0, 0.1) is 0 Å². The summed E-state index contributed by atoms with van der Waals surface area (Å²) in [5, 5.41) is 0.399. The van der Waals surface area contributed by atoms with Crippen molar-refractivity contribution in [1.82, 2.24) is 14.5 Å². The monoisotopic (exact) mass is 485 g/mol. The molecular weight excluding hydrogens is 462 g/mol. The van der Waals surface area contributed by atoms with Gasteiger partial charge in [-0.25, -0.2) is 19.3 Å². The van der Waals surface area contributed by atoms with Gasteiger partial charge in [0.1, 0.15) is 5.82 Å². The fraction of sp³-hybridized carbons (Fsp3) is 0.231. The number of fused-ring (bicyclic) bond motifs is 2. The zero-order valence-corrected chi connectivity index (χ0v) is 19.6. The Morgan fingerprint density at radius 3 is 2.53 bits per heavy atom. The minimum Gasteiger partial charge on any atom is -0.465 e. The van der Waals surface area contributed by atoms with E-state index in [9.17, 15) is 9.59 Å². The van der Waals surface area contributed by atoms with E-state index in [4.69, 9.17) is 19.2 Å². The number of anilines is 2. The average molecular weight is 486 g/mol. The van der Waals surface area contributed by atoms with Crippen molar-refractivity contribution in [1.29, 1.82) is 0 Å². The maximum atomic E-state index is 13.8. The van der Waals surface area contributed by atoms with Gasteiger partial charge < -0.3 is 24.0 Å². The Bertz CT molecular complexity index is 1510. The maximum absolute atomic E-state index is 13.8. The number of rotatable bonds is 4. The number of methoxy groups -OCH3 is 1. The first-order valence-corrected chi connectivity index (χ1v) is 11.6. The summed E-state index contributed by atoms with van der Waals surface area (Å²) in [6.45, 7) is 2.84. The molecule has 2 aliphatic heterocycles. The fourth-order valence-electron chi connectivity index (χ4n) is 4.56. The van der Waals surface area contributed by atoms with Crippen molar-refractivity contribution in [3.63, 3.8) is 0 Å². The van der Waals surface area contributed by atoms with Crippen LogP contribution in [0.4, 0.5) is 11.8 Å². The molecular formula is C26H23N5O5. The van der Waals surface area contributed by atoms with Gasteiger partial charge in [-0.3, -0.25) is 4.79 Å². The summed E-state index contributed by atoms with van der Waals surface area (Å²) in [5.41, 5.74) is 1.15. The lowest BCUT2D eigenvalue weighted by molar-refractivity contribution is 0.0601. The minimum absolute atomic E-state index is 0.141. The van der Waals surface area contributed by atoms with E-state index >= 15 is 0 Å². The molecule has 6 rings (SSSR count). The second kappa shape index (κ2) is 8.88. The Kier molecular flexibility index (Phi) is 5.40. The number of hydrogen-bond donors (Lipinski definition) is 0. The normalized spacial score (nSPS) is 14.8. The van der Waals surface area contributed by atoms with Gasteiger partial charge in [-0.15, -0.1) is 0 Å². The van der Waals surface area contributed by atoms with Gasteiger partial charge in [-0.05, 0) is 42.5 Å². The largest absolute Gasteiger partial charge is 0.465 e. The third kappa shape index (κ3) is 3.76. The SMILES string of the molecule is COC(=O)c1ccc2c(=O)n(-c3ccc4c(c3)OCO4)c(N3CCN(c4ccccn4)CC3)nc2c1. The predicted octanol–water partition coefficient (Wildman–Crippen LogP) is 2.62. The summed E-state index contributed by atoms with van der Waals surface area (Å²) in [5.74, 6) is 2.14. The van der Waals surface area contributed by atoms with E-state index in [0.717, 1.165) is 5.82 Å². The minimum atomic E-state index is -0.482. The molecule has 4 aromatic rings. The second-order valence-electron chi connectivity index (χ2n) is 8.48. The summed E-state index contributed by atoms with van der Waals surface area (Å²) in [6, 6.07) is 16.0. The number of nitrogens with zero attached hydrogens (tertiary/aromatic N) is 5. The molecule has 2 aromatic carbocycles. The average Bonchev–Trinajstić information content (AvgIpc) is 3.41. The molecule has 0 aliphatic carbocycles. The third-order valence-electron chi connectivity index (χ3n) is 6.42. The lowest BCUT2D eigenvalue weighted by Gasteiger charge is -2.36. The van der Waals surface area contributed by atoms with E-state index in [1.807, 2.05) is 24.3 Å². The van der Waals surface area contributed by atoms with Crippen molar-refractivity contribution in [2.24, 2.45) is 0 Å². The van der Waals surface area contributed by atoms with Gasteiger partial charge in [0.2, 0.25) is 12.7 Å². The first-order valence-electron chi connectivity index (χ1n) is 11.6. The van der Waals surface area contributed by atoms with Crippen LogP contribution >= 0.6 is 0 Å². The first kappa shape index (κ1) is 21.9. The molecule has 0 radical (unpaired) electrons. The molecule has 2 aromatic heterocycles. The molecule has 0 atom stereocenters. The van der Waals surface area contributed by atoms with Gasteiger partial charge in [0.05, 0.1) is 29.3 Å². The Morgan fingerprint density at radius 1 is 0.944 bits per heavy atom. The Labute approximate surface area is 206 Å². The molecule has 36 heavy (non-hydrogen) atoms. The van der Waals surface area contributed by atoms with Crippen LogP contribution in [0.15, 0.2) is 65.6 Å². The lowest BCUT2D eigenvalue weighted by atomic mass is 10.1. The molecule has 4 heterocycles. The van der Waals surface area contributed by atoms with E-state index in [-0.39, 0.29) is 12.4 Å². The van der Waals surface area contributed by atoms with Crippen molar-refractivity contribution >= 4 is 28.6 Å². The number of aromatic nitrogens is 3. The molecule has 182 valence electrons. The number of hydrogen-bond acceptors (Lipinski definition) is 9. The predicted molar refractivity (Wildman–Crippen MR) is 133 cm³/mol. The summed E-state index contributed by atoms with van der Waals surface area (Å²) in [4.78, 5) is 39.5. The zero-order valence-electron chi connectivity index (χ0n) is 19.6. The van der Waals surface area contributed by atoms with E-state index in [2.05, 4.69) is 14.8 Å². The summed E-state index contributed by atoms with van der Waals surface area (Å²) < 4.78 is 17.4. The highest BCUT2D eigenvalue weighted by molar-refractivity contribution is 5.94. The number of pyridine rings is 1. The fourth-order valence-corrected chi connectivity index (χ4v) is 4.56. The van der Waals surface area contributed by atoms with Crippen molar-refractivity contribution < 1.29 is 19.0 Å². The first-order chi connectivity index (χ1) is 17.6. The van der Waals surface area contributed by atoms with Crippen molar-refractivity contribution in [2.45, 2.75) is 0 Å². The number of ether oxygens (including phenoxy) is 3. The van der Waals surface area contributed by atoms with E-state index < -0.39 is 5.97 Å². The Balaban J connectivity index is 1.45. The zero-order chi connectivity index (χ0) is 24.6. The summed E-state index contributed by atoms with van der Waals surface area (Å²) in [7, 11) is 1.32. The van der Waals surface area contributed by atoms with E-state index in [1.165, 1.54) is 7.11 Å². The van der Waals surface area contributed by atoms with Gasteiger partial charge in [-0.2, -0.15) is 0 Å². The number of piperazine rings is 1. The van der Waals surface area contributed by atoms with Crippen LogP contribution in [-0.4, -0.2) is 60.6 Å². The molecule has 0 unspecified atom stereocenters.